The predicted octanol–water partition coefficient (Wildman–Crippen LogP) is 4.14. The molecule has 0 radical (unpaired) electrons. The summed E-state index contributed by atoms with van der Waals surface area (Å²) in [5.41, 5.74) is -1.02. The molecule has 0 spiro atoms. The van der Waals surface area contributed by atoms with E-state index in [-0.39, 0.29) is 19.1 Å². The van der Waals surface area contributed by atoms with Crippen LogP contribution in [-0.4, -0.2) is 64.1 Å². The molecule has 1 aliphatic heterocycles. The molecule has 2 unspecified atom stereocenters. The van der Waals surface area contributed by atoms with Crippen LogP contribution in [0.4, 0.5) is 4.79 Å². The monoisotopic (exact) mass is 448 g/mol. The van der Waals surface area contributed by atoms with Gasteiger partial charge in [-0.2, -0.15) is 0 Å². The van der Waals surface area contributed by atoms with Gasteiger partial charge < -0.3 is 14.6 Å². The maximum absolute atomic E-state index is 12.8. The standard InChI is InChI=1S/C24H36N2O6/c1-23(2,3)32-22(28)25-15-7-14-24(17-27,26(29)30)21(25)16-31-20-12-10-19(11-13-20)18-8-5-4-6-9-18/h4-6,8-9,19-21,27H,7,10-17H2,1-3H3/t19-,20+,21?,24?. The number of amides is 1. The Labute approximate surface area is 190 Å². The van der Waals surface area contributed by atoms with Gasteiger partial charge in [0.25, 0.3) is 5.54 Å². The number of benzene rings is 1. The number of hydrogen-bond acceptors (Lipinski definition) is 6. The van der Waals surface area contributed by atoms with Gasteiger partial charge in [0, 0.05) is 17.9 Å². The Kier molecular flexibility index (Phi) is 7.77. The lowest BCUT2D eigenvalue weighted by Crippen LogP contribution is -2.66. The summed E-state index contributed by atoms with van der Waals surface area (Å²) in [7, 11) is 0. The van der Waals surface area contributed by atoms with Gasteiger partial charge in [-0.3, -0.25) is 15.0 Å². The minimum atomic E-state index is -1.64. The van der Waals surface area contributed by atoms with E-state index in [2.05, 4.69) is 24.3 Å². The highest BCUT2D eigenvalue weighted by Crippen LogP contribution is 2.36. The molecule has 0 aromatic heterocycles. The molecule has 1 aromatic carbocycles. The zero-order valence-corrected chi connectivity index (χ0v) is 19.4. The third kappa shape index (κ3) is 5.59. The molecule has 3 rings (SSSR count). The molecule has 2 fully saturated rings. The molecule has 1 aliphatic carbocycles. The van der Waals surface area contributed by atoms with Crippen LogP contribution >= 0.6 is 0 Å². The third-order valence-corrected chi connectivity index (χ3v) is 6.71. The average molecular weight is 449 g/mol. The Morgan fingerprint density at radius 2 is 1.88 bits per heavy atom. The molecule has 2 atom stereocenters. The van der Waals surface area contributed by atoms with E-state index in [9.17, 15) is 20.0 Å². The van der Waals surface area contributed by atoms with Gasteiger partial charge in [-0.25, -0.2) is 4.79 Å². The first-order valence-electron chi connectivity index (χ1n) is 11.6. The lowest BCUT2D eigenvalue weighted by molar-refractivity contribution is -0.587. The summed E-state index contributed by atoms with van der Waals surface area (Å²) in [6.45, 7) is 5.00. The second kappa shape index (κ2) is 10.2. The van der Waals surface area contributed by atoms with E-state index in [1.165, 1.54) is 10.5 Å². The van der Waals surface area contributed by atoms with Crippen LogP contribution in [0, 0.1) is 10.1 Å². The first-order chi connectivity index (χ1) is 15.2. The number of aliphatic hydroxyl groups excluding tert-OH is 1. The summed E-state index contributed by atoms with van der Waals surface area (Å²) in [4.78, 5) is 25.8. The van der Waals surface area contributed by atoms with Gasteiger partial charge in [0.15, 0.2) is 0 Å². The molecular formula is C24H36N2O6. The van der Waals surface area contributed by atoms with Gasteiger partial charge in [0.05, 0.1) is 12.7 Å². The van der Waals surface area contributed by atoms with Crippen LogP contribution in [0.3, 0.4) is 0 Å². The highest BCUT2D eigenvalue weighted by molar-refractivity contribution is 5.69. The summed E-state index contributed by atoms with van der Waals surface area (Å²) in [6, 6.07) is 9.55. The van der Waals surface area contributed by atoms with Crippen LogP contribution in [0.2, 0.25) is 0 Å². The van der Waals surface area contributed by atoms with Crippen molar-refractivity contribution in [2.45, 2.75) is 88.5 Å². The Bertz CT molecular complexity index is 772. The molecular weight excluding hydrogens is 412 g/mol. The number of ether oxygens (including phenoxy) is 2. The molecule has 1 saturated carbocycles. The molecule has 2 aliphatic rings. The molecule has 8 nitrogen and oxygen atoms in total. The van der Waals surface area contributed by atoms with E-state index < -0.39 is 34.8 Å². The highest BCUT2D eigenvalue weighted by atomic mass is 16.6. The van der Waals surface area contributed by atoms with Crippen molar-refractivity contribution in [3.63, 3.8) is 0 Å². The number of rotatable bonds is 6. The second-order valence-electron chi connectivity index (χ2n) is 10.0. The molecule has 178 valence electrons. The van der Waals surface area contributed by atoms with Gasteiger partial charge in [0.2, 0.25) is 0 Å². The molecule has 1 N–H and O–H groups in total. The fourth-order valence-corrected chi connectivity index (χ4v) is 4.92. The van der Waals surface area contributed by atoms with E-state index in [1.54, 1.807) is 20.8 Å². The first kappa shape index (κ1) is 24.5. The zero-order valence-electron chi connectivity index (χ0n) is 19.4. The van der Waals surface area contributed by atoms with Crippen molar-refractivity contribution in [1.82, 2.24) is 4.90 Å². The first-order valence-corrected chi connectivity index (χ1v) is 11.6. The number of piperidine rings is 1. The Hall–Kier alpha value is -2.19. The van der Waals surface area contributed by atoms with Crippen LogP contribution in [0.15, 0.2) is 30.3 Å². The maximum atomic E-state index is 12.8. The zero-order chi connectivity index (χ0) is 23.4. The van der Waals surface area contributed by atoms with Crippen LogP contribution in [-0.2, 0) is 9.47 Å². The predicted molar refractivity (Wildman–Crippen MR) is 120 cm³/mol. The summed E-state index contributed by atoms with van der Waals surface area (Å²) < 4.78 is 11.7. The smallest absolute Gasteiger partial charge is 0.410 e. The summed E-state index contributed by atoms with van der Waals surface area (Å²) in [6.07, 6.45) is 3.74. The second-order valence-corrected chi connectivity index (χ2v) is 10.0. The fraction of sp³-hybridized carbons (Fsp3) is 0.708. The SMILES string of the molecule is CC(C)(C)OC(=O)N1CCCC(CO)([N+](=O)[O-])C1CO[C@H]1CC[C@@H](c2ccccc2)CC1. The van der Waals surface area contributed by atoms with Gasteiger partial charge in [-0.05, 0) is 64.4 Å². The number of nitrogens with zero attached hydrogens (tertiary/aromatic N) is 2. The molecule has 1 saturated heterocycles. The van der Waals surface area contributed by atoms with E-state index in [4.69, 9.17) is 9.47 Å². The topological polar surface area (TPSA) is 102 Å². The summed E-state index contributed by atoms with van der Waals surface area (Å²) in [5.74, 6) is 0.499. The van der Waals surface area contributed by atoms with Gasteiger partial charge in [-0.1, -0.05) is 30.3 Å². The minimum Gasteiger partial charge on any atom is -0.444 e. The number of carbonyl (C=O) groups excluding carboxylic acids is 1. The van der Waals surface area contributed by atoms with Gasteiger partial charge in [0.1, 0.15) is 18.2 Å². The van der Waals surface area contributed by atoms with Crippen molar-refractivity contribution >= 4 is 6.09 Å². The Balaban J connectivity index is 1.68. The molecule has 1 aromatic rings. The van der Waals surface area contributed by atoms with Crippen LogP contribution < -0.4 is 0 Å². The van der Waals surface area contributed by atoms with E-state index in [0.717, 1.165) is 25.7 Å². The number of carbonyl (C=O) groups is 1. The molecule has 1 heterocycles. The summed E-state index contributed by atoms with van der Waals surface area (Å²) >= 11 is 0. The van der Waals surface area contributed by atoms with Gasteiger partial charge >= 0.3 is 6.09 Å². The number of nitro groups is 1. The highest BCUT2D eigenvalue weighted by Gasteiger charge is 2.56. The minimum absolute atomic E-state index is 0.0134. The Morgan fingerprint density at radius 1 is 1.22 bits per heavy atom. The number of hydrogen-bond donors (Lipinski definition) is 1. The van der Waals surface area contributed by atoms with Crippen molar-refractivity contribution in [2.24, 2.45) is 0 Å². The fourth-order valence-electron chi connectivity index (χ4n) is 4.92. The van der Waals surface area contributed by atoms with Crippen LogP contribution in [0.25, 0.3) is 0 Å². The molecule has 0 bridgehead atoms. The number of aliphatic hydroxyl groups is 1. The van der Waals surface area contributed by atoms with Crippen molar-refractivity contribution in [1.29, 1.82) is 0 Å². The lowest BCUT2D eigenvalue weighted by Gasteiger charge is -2.43. The van der Waals surface area contributed by atoms with Crippen molar-refractivity contribution in [3.8, 4) is 0 Å². The number of likely N-dealkylation sites (tertiary alicyclic amines) is 1. The van der Waals surface area contributed by atoms with Crippen molar-refractivity contribution in [3.05, 3.63) is 46.0 Å². The van der Waals surface area contributed by atoms with Crippen LogP contribution in [0.5, 0.6) is 0 Å². The molecule has 8 heteroatoms. The van der Waals surface area contributed by atoms with Gasteiger partial charge in [-0.15, -0.1) is 0 Å². The van der Waals surface area contributed by atoms with E-state index in [0.29, 0.717) is 18.9 Å². The van der Waals surface area contributed by atoms with E-state index in [1.807, 2.05) is 6.07 Å². The largest absolute Gasteiger partial charge is 0.444 e. The third-order valence-electron chi connectivity index (χ3n) is 6.71. The molecule has 32 heavy (non-hydrogen) atoms. The quantitative estimate of drug-likeness (QED) is 0.518. The Morgan fingerprint density at radius 3 is 2.44 bits per heavy atom. The van der Waals surface area contributed by atoms with Crippen LogP contribution in [0.1, 0.15) is 70.8 Å². The maximum Gasteiger partial charge on any atom is 0.410 e. The van der Waals surface area contributed by atoms with Crippen molar-refractivity contribution in [2.75, 3.05) is 19.8 Å². The normalized spacial score (nSPS) is 28.9. The van der Waals surface area contributed by atoms with E-state index >= 15 is 0 Å². The van der Waals surface area contributed by atoms with Crippen molar-refractivity contribution < 1.29 is 24.3 Å². The summed E-state index contributed by atoms with van der Waals surface area (Å²) in [5, 5.41) is 22.1. The lowest BCUT2D eigenvalue weighted by atomic mass is 9.81. The molecule has 1 amide bonds. The average Bonchev–Trinajstić information content (AvgIpc) is 2.77.